The highest BCUT2D eigenvalue weighted by Gasteiger charge is 2.11. The Morgan fingerprint density at radius 1 is 0.893 bits per heavy atom. The van der Waals surface area contributed by atoms with E-state index in [0.29, 0.717) is 5.69 Å². The molecular formula is C22H19FN2O2S. The first-order chi connectivity index (χ1) is 13.5. The predicted octanol–water partition coefficient (Wildman–Crippen LogP) is 5.12. The topological polar surface area (TPSA) is 58.2 Å². The zero-order chi connectivity index (χ0) is 19.9. The van der Waals surface area contributed by atoms with Crippen LogP contribution in [0.5, 0.6) is 0 Å². The molecule has 2 N–H and O–H groups in total. The van der Waals surface area contributed by atoms with Gasteiger partial charge in [-0.15, -0.1) is 11.8 Å². The summed E-state index contributed by atoms with van der Waals surface area (Å²) in [5.74, 6) is -0.884. The van der Waals surface area contributed by atoms with Gasteiger partial charge in [-0.25, -0.2) is 4.39 Å². The van der Waals surface area contributed by atoms with Crippen molar-refractivity contribution in [3.63, 3.8) is 0 Å². The Hall–Kier alpha value is -3.12. The third-order valence-electron chi connectivity index (χ3n) is 3.90. The summed E-state index contributed by atoms with van der Waals surface area (Å²) in [6, 6.07) is 20.5. The maximum absolute atomic E-state index is 13.7. The lowest BCUT2D eigenvalue weighted by Gasteiger charge is -2.08. The van der Waals surface area contributed by atoms with Gasteiger partial charge >= 0.3 is 0 Å². The van der Waals surface area contributed by atoms with E-state index < -0.39 is 11.7 Å². The summed E-state index contributed by atoms with van der Waals surface area (Å²) in [7, 11) is 0. The minimum absolute atomic E-state index is 0.00577. The lowest BCUT2D eigenvalue weighted by Crippen LogP contribution is -2.14. The Bertz CT molecular complexity index is 990. The van der Waals surface area contributed by atoms with Crippen LogP contribution in [0, 0.1) is 12.7 Å². The second kappa shape index (κ2) is 9.19. The largest absolute Gasteiger partial charge is 0.325 e. The zero-order valence-corrected chi connectivity index (χ0v) is 16.1. The molecule has 0 bridgehead atoms. The van der Waals surface area contributed by atoms with E-state index in [1.54, 1.807) is 18.2 Å². The quantitative estimate of drug-likeness (QED) is 0.571. The highest BCUT2D eigenvalue weighted by Crippen LogP contribution is 2.21. The third kappa shape index (κ3) is 5.44. The molecule has 0 radical (unpaired) electrons. The number of amides is 2. The number of anilines is 2. The number of thioether (sulfide) groups is 1. The fourth-order valence-electron chi connectivity index (χ4n) is 2.55. The van der Waals surface area contributed by atoms with E-state index in [1.165, 1.54) is 30.0 Å². The number of hydrogen-bond acceptors (Lipinski definition) is 3. The number of carbonyl (C=O) groups excluding carboxylic acids is 2. The number of hydrogen-bond donors (Lipinski definition) is 2. The zero-order valence-electron chi connectivity index (χ0n) is 15.2. The summed E-state index contributed by atoms with van der Waals surface area (Å²) in [6.07, 6.45) is 0. The monoisotopic (exact) mass is 394 g/mol. The molecule has 3 aromatic carbocycles. The fourth-order valence-corrected chi connectivity index (χ4v) is 3.25. The highest BCUT2D eigenvalue weighted by atomic mass is 32.2. The van der Waals surface area contributed by atoms with Crippen LogP contribution in [0.15, 0.2) is 77.7 Å². The van der Waals surface area contributed by atoms with Crippen molar-refractivity contribution in [1.82, 2.24) is 0 Å². The van der Waals surface area contributed by atoms with Crippen LogP contribution in [0.3, 0.4) is 0 Å². The van der Waals surface area contributed by atoms with Gasteiger partial charge in [-0.05, 0) is 61.0 Å². The lowest BCUT2D eigenvalue weighted by atomic mass is 10.2. The van der Waals surface area contributed by atoms with Crippen molar-refractivity contribution in [2.75, 3.05) is 16.4 Å². The van der Waals surface area contributed by atoms with E-state index in [1.807, 2.05) is 43.3 Å². The van der Waals surface area contributed by atoms with E-state index in [0.717, 1.165) is 16.1 Å². The molecule has 6 heteroatoms. The maximum Gasteiger partial charge on any atom is 0.258 e. The second-order valence-electron chi connectivity index (χ2n) is 6.16. The van der Waals surface area contributed by atoms with Gasteiger partial charge in [0.25, 0.3) is 5.91 Å². The fraction of sp³-hybridized carbons (Fsp3) is 0.0909. The summed E-state index contributed by atoms with van der Waals surface area (Å²) >= 11 is 1.39. The number of benzene rings is 3. The molecule has 0 spiro atoms. The van der Waals surface area contributed by atoms with Gasteiger partial charge < -0.3 is 10.6 Å². The Morgan fingerprint density at radius 2 is 1.64 bits per heavy atom. The van der Waals surface area contributed by atoms with E-state index in [-0.39, 0.29) is 17.2 Å². The molecule has 0 saturated carbocycles. The molecule has 28 heavy (non-hydrogen) atoms. The first-order valence-corrected chi connectivity index (χ1v) is 9.65. The van der Waals surface area contributed by atoms with Crippen molar-refractivity contribution >= 4 is 35.0 Å². The van der Waals surface area contributed by atoms with Gasteiger partial charge in [-0.2, -0.15) is 0 Å². The van der Waals surface area contributed by atoms with Gasteiger partial charge in [0.2, 0.25) is 5.91 Å². The van der Waals surface area contributed by atoms with Gasteiger partial charge in [-0.3, -0.25) is 9.59 Å². The summed E-state index contributed by atoms with van der Waals surface area (Å²) in [4.78, 5) is 25.1. The van der Waals surface area contributed by atoms with Crippen molar-refractivity contribution in [2.24, 2.45) is 0 Å². The molecule has 0 aromatic heterocycles. The minimum Gasteiger partial charge on any atom is -0.325 e. The van der Waals surface area contributed by atoms with Crippen molar-refractivity contribution in [2.45, 2.75) is 11.8 Å². The van der Waals surface area contributed by atoms with Crippen LogP contribution in [0.4, 0.5) is 15.8 Å². The summed E-state index contributed by atoms with van der Waals surface area (Å²) in [5, 5.41) is 5.52. The van der Waals surface area contributed by atoms with Crippen molar-refractivity contribution < 1.29 is 14.0 Å². The standard InChI is InChI=1S/C22H19FN2O2S/c1-15-5-4-6-17(13-15)24-21(26)14-28-18-11-9-16(10-12-18)25-22(27)19-7-2-3-8-20(19)23/h2-13H,14H2,1H3,(H,24,26)(H,25,27). The maximum atomic E-state index is 13.7. The molecule has 0 heterocycles. The van der Waals surface area contributed by atoms with Gasteiger partial charge in [0, 0.05) is 16.3 Å². The average molecular weight is 394 g/mol. The first kappa shape index (κ1) is 19.6. The van der Waals surface area contributed by atoms with Crippen LogP contribution in [0.2, 0.25) is 0 Å². The normalized spacial score (nSPS) is 10.4. The van der Waals surface area contributed by atoms with E-state index in [2.05, 4.69) is 10.6 Å². The predicted molar refractivity (Wildman–Crippen MR) is 111 cm³/mol. The Labute approximate surface area is 167 Å². The molecule has 142 valence electrons. The summed E-state index contributed by atoms with van der Waals surface area (Å²) in [5.41, 5.74) is 2.41. The lowest BCUT2D eigenvalue weighted by molar-refractivity contribution is -0.113. The Balaban J connectivity index is 1.52. The van der Waals surface area contributed by atoms with Gasteiger partial charge in [0.05, 0.1) is 11.3 Å². The SMILES string of the molecule is Cc1cccc(NC(=O)CSc2ccc(NC(=O)c3ccccc3F)cc2)c1. The summed E-state index contributed by atoms with van der Waals surface area (Å²) in [6.45, 7) is 1.97. The number of halogens is 1. The smallest absolute Gasteiger partial charge is 0.258 e. The summed E-state index contributed by atoms with van der Waals surface area (Å²) < 4.78 is 13.7. The van der Waals surface area contributed by atoms with Gasteiger partial charge in [-0.1, -0.05) is 24.3 Å². The van der Waals surface area contributed by atoms with Crippen LogP contribution in [-0.4, -0.2) is 17.6 Å². The molecular weight excluding hydrogens is 375 g/mol. The molecule has 0 aliphatic heterocycles. The Morgan fingerprint density at radius 3 is 2.36 bits per heavy atom. The average Bonchev–Trinajstić information content (AvgIpc) is 2.68. The second-order valence-corrected chi connectivity index (χ2v) is 7.21. The first-order valence-electron chi connectivity index (χ1n) is 8.66. The van der Waals surface area contributed by atoms with Gasteiger partial charge in [0.1, 0.15) is 5.82 Å². The highest BCUT2D eigenvalue weighted by molar-refractivity contribution is 8.00. The van der Waals surface area contributed by atoms with Crippen LogP contribution in [-0.2, 0) is 4.79 Å². The number of nitrogens with one attached hydrogen (secondary N) is 2. The van der Waals surface area contributed by atoms with E-state index in [4.69, 9.17) is 0 Å². The molecule has 3 rings (SSSR count). The molecule has 3 aromatic rings. The van der Waals surface area contributed by atoms with Crippen molar-refractivity contribution in [3.05, 3.63) is 89.7 Å². The van der Waals surface area contributed by atoms with Crippen LogP contribution < -0.4 is 10.6 Å². The molecule has 0 aliphatic carbocycles. The molecule has 4 nitrogen and oxygen atoms in total. The molecule has 0 unspecified atom stereocenters. The van der Waals surface area contributed by atoms with E-state index >= 15 is 0 Å². The van der Waals surface area contributed by atoms with Gasteiger partial charge in [0.15, 0.2) is 0 Å². The van der Waals surface area contributed by atoms with Crippen molar-refractivity contribution in [1.29, 1.82) is 0 Å². The molecule has 0 saturated heterocycles. The number of aryl methyl sites for hydroxylation is 1. The minimum atomic E-state index is -0.563. The van der Waals surface area contributed by atoms with Crippen LogP contribution in [0.25, 0.3) is 0 Å². The molecule has 2 amide bonds. The van der Waals surface area contributed by atoms with E-state index in [9.17, 15) is 14.0 Å². The molecule has 0 atom stereocenters. The molecule has 0 fully saturated rings. The van der Waals surface area contributed by atoms with Crippen molar-refractivity contribution in [3.8, 4) is 0 Å². The van der Waals surface area contributed by atoms with Crippen LogP contribution in [0.1, 0.15) is 15.9 Å². The van der Waals surface area contributed by atoms with Crippen LogP contribution >= 0.6 is 11.8 Å². The Kier molecular flexibility index (Phi) is 6.45. The third-order valence-corrected chi connectivity index (χ3v) is 4.91. The number of rotatable bonds is 6. The number of carbonyl (C=O) groups is 2. The molecule has 0 aliphatic rings.